The van der Waals surface area contributed by atoms with E-state index in [1.165, 1.54) is 5.56 Å². The van der Waals surface area contributed by atoms with Crippen molar-refractivity contribution in [1.29, 1.82) is 0 Å². The minimum atomic E-state index is -0.161. The highest BCUT2D eigenvalue weighted by molar-refractivity contribution is 5.24. The number of hydrogen-bond donors (Lipinski definition) is 1. The van der Waals surface area contributed by atoms with Crippen LogP contribution in [-0.4, -0.2) is 25.8 Å². The van der Waals surface area contributed by atoms with Gasteiger partial charge in [0.15, 0.2) is 0 Å². The standard InChI is InChI=1S/C13H16FNO/c14-10-3-1-9(2-4-10)11-7-15-13-5-6-16-8-12(11)13/h1-4,11-13,15H,5-8H2/t11-,12?,13?/m1/s1. The third-order valence-corrected chi connectivity index (χ3v) is 3.82. The lowest BCUT2D eigenvalue weighted by molar-refractivity contribution is 0.0427. The molecule has 1 aromatic carbocycles. The lowest BCUT2D eigenvalue weighted by Gasteiger charge is -2.28. The summed E-state index contributed by atoms with van der Waals surface area (Å²) in [6.45, 7) is 2.69. The SMILES string of the molecule is Fc1ccc([C@H]2CNC3CCOCC32)cc1. The van der Waals surface area contributed by atoms with Crippen LogP contribution in [0.25, 0.3) is 0 Å². The number of ether oxygens (including phenoxy) is 1. The fourth-order valence-electron chi connectivity index (χ4n) is 2.91. The van der Waals surface area contributed by atoms with Crippen LogP contribution in [0.2, 0.25) is 0 Å². The number of nitrogens with one attached hydrogen (secondary N) is 1. The van der Waals surface area contributed by atoms with Crippen LogP contribution < -0.4 is 5.32 Å². The normalized spacial score (nSPS) is 33.7. The fraction of sp³-hybridized carbons (Fsp3) is 0.538. The average Bonchev–Trinajstić information content (AvgIpc) is 2.74. The zero-order chi connectivity index (χ0) is 11.0. The number of fused-ring (bicyclic) bond motifs is 1. The van der Waals surface area contributed by atoms with Gasteiger partial charge < -0.3 is 10.1 Å². The smallest absolute Gasteiger partial charge is 0.123 e. The van der Waals surface area contributed by atoms with Crippen molar-refractivity contribution in [3.63, 3.8) is 0 Å². The molecule has 0 radical (unpaired) electrons. The number of benzene rings is 1. The average molecular weight is 221 g/mol. The summed E-state index contributed by atoms with van der Waals surface area (Å²) in [5, 5.41) is 3.55. The maximum atomic E-state index is 12.9. The summed E-state index contributed by atoms with van der Waals surface area (Å²) in [5.41, 5.74) is 1.23. The van der Waals surface area contributed by atoms with Crippen molar-refractivity contribution in [1.82, 2.24) is 5.32 Å². The van der Waals surface area contributed by atoms with E-state index in [2.05, 4.69) is 5.32 Å². The molecule has 2 aliphatic heterocycles. The van der Waals surface area contributed by atoms with Crippen molar-refractivity contribution in [2.24, 2.45) is 5.92 Å². The number of halogens is 1. The molecule has 3 rings (SSSR count). The van der Waals surface area contributed by atoms with Gasteiger partial charge in [0.2, 0.25) is 0 Å². The Bertz CT molecular complexity index is 365. The van der Waals surface area contributed by atoms with E-state index in [9.17, 15) is 4.39 Å². The summed E-state index contributed by atoms with van der Waals surface area (Å²) in [6.07, 6.45) is 1.10. The summed E-state index contributed by atoms with van der Waals surface area (Å²) in [6, 6.07) is 7.49. The Balaban J connectivity index is 1.82. The maximum Gasteiger partial charge on any atom is 0.123 e. The summed E-state index contributed by atoms with van der Waals surface area (Å²) in [5.74, 6) is 0.872. The van der Waals surface area contributed by atoms with Crippen molar-refractivity contribution in [3.05, 3.63) is 35.6 Å². The van der Waals surface area contributed by atoms with Gasteiger partial charge in [0.05, 0.1) is 6.61 Å². The molecular weight excluding hydrogens is 205 g/mol. The first-order valence-electron chi connectivity index (χ1n) is 5.91. The molecule has 0 saturated carbocycles. The molecule has 0 bridgehead atoms. The maximum absolute atomic E-state index is 12.9. The Morgan fingerprint density at radius 1 is 1.25 bits per heavy atom. The molecule has 0 aromatic heterocycles. The molecule has 3 heteroatoms. The molecule has 3 atom stereocenters. The topological polar surface area (TPSA) is 21.3 Å². The van der Waals surface area contributed by atoms with E-state index in [1.807, 2.05) is 12.1 Å². The van der Waals surface area contributed by atoms with Crippen molar-refractivity contribution >= 4 is 0 Å². The first-order valence-corrected chi connectivity index (χ1v) is 5.91. The second-order valence-electron chi connectivity index (χ2n) is 4.70. The molecule has 1 N–H and O–H groups in total. The van der Waals surface area contributed by atoms with Crippen LogP contribution in [0.15, 0.2) is 24.3 Å². The van der Waals surface area contributed by atoms with E-state index in [4.69, 9.17) is 4.74 Å². The molecule has 2 aliphatic rings. The van der Waals surface area contributed by atoms with Gasteiger partial charge in [0.25, 0.3) is 0 Å². The van der Waals surface area contributed by atoms with Gasteiger partial charge in [0, 0.05) is 31.0 Å². The molecule has 0 aliphatic carbocycles. The minimum absolute atomic E-state index is 0.161. The summed E-state index contributed by atoms with van der Waals surface area (Å²) in [7, 11) is 0. The highest BCUT2D eigenvalue weighted by Gasteiger charge is 2.38. The highest BCUT2D eigenvalue weighted by atomic mass is 19.1. The molecule has 2 saturated heterocycles. The Morgan fingerprint density at radius 3 is 2.88 bits per heavy atom. The molecule has 86 valence electrons. The molecule has 2 unspecified atom stereocenters. The predicted octanol–water partition coefficient (Wildman–Crippen LogP) is 1.92. The summed E-state index contributed by atoms with van der Waals surface area (Å²) < 4.78 is 18.4. The molecule has 2 fully saturated rings. The molecule has 2 heterocycles. The van der Waals surface area contributed by atoms with Gasteiger partial charge in [-0.3, -0.25) is 0 Å². The highest BCUT2D eigenvalue weighted by Crippen LogP contribution is 2.35. The predicted molar refractivity (Wildman–Crippen MR) is 59.9 cm³/mol. The summed E-state index contributed by atoms with van der Waals surface area (Å²) >= 11 is 0. The van der Waals surface area contributed by atoms with E-state index in [0.29, 0.717) is 17.9 Å². The fourth-order valence-corrected chi connectivity index (χ4v) is 2.91. The van der Waals surface area contributed by atoms with Gasteiger partial charge in [-0.1, -0.05) is 12.1 Å². The molecular formula is C13H16FNO. The van der Waals surface area contributed by atoms with Crippen molar-refractivity contribution in [3.8, 4) is 0 Å². The van der Waals surface area contributed by atoms with Gasteiger partial charge in [0.1, 0.15) is 5.82 Å². The Hall–Kier alpha value is -0.930. The zero-order valence-corrected chi connectivity index (χ0v) is 9.16. The van der Waals surface area contributed by atoms with E-state index < -0.39 is 0 Å². The van der Waals surface area contributed by atoms with Crippen LogP contribution in [0.4, 0.5) is 4.39 Å². The Labute approximate surface area is 94.8 Å². The first kappa shape index (κ1) is 10.2. The second kappa shape index (κ2) is 4.15. The molecule has 16 heavy (non-hydrogen) atoms. The zero-order valence-electron chi connectivity index (χ0n) is 9.16. The van der Waals surface area contributed by atoms with Crippen LogP contribution in [0.3, 0.4) is 0 Å². The monoisotopic (exact) mass is 221 g/mol. The molecule has 1 aromatic rings. The molecule has 0 amide bonds. The Kier molecular flexibility index (Phi) is 2.65. The van der Waals surface area contributed by atoms with Gasteiger partial charge in [-0.05, 0) is 24.1 Å². The van der Waals surface area contributed by atoms with Crippen LogP contribution >= 0.6 is 0 Å². The third-order valence-electron chi connectivity index (χ3n) is 3.82. The van der Waals surface area contributed by atoms with E-state index in [0.717, 1.165) is 26.2 Å². The lowest BCUT2D eigenvalue weighted by atomic mass is 9.84. The largest absolute Gasteiger partial charge is 0.381 e. The van der Waals surface area contributed by atoms with E-state index >= 15 is 0 Å². The number of hydrogen-bond acceptors (Lipinski definition) is 2. The quantitative estimate of drug-likeness (QED) is 0.782. The van der Waals surface area contributed by atoms with Crippen molar-refractivity contribution in [2.75, 3.05) is 19.8 Å². The van der Waals surface area contributed by atoms with Gasteiger partial charge >= 0.3 is 0 Å². The van der Waals surface area contributed by atoms with Crippen LogP contribution in [0, 0.1) is 11.7 Å². The van der Waals surface area contributed by atoms with Gasteiger partial charge in [-0.15, -0.1) is 0 Å². The third kappa shape index (κ3) is 1.74. The number of rotatable bonds is 1. The van der Waals surface area contributed by atoms with Crippen LogP contribution in [-0.2, 0) is 4.74 Å². The van der Waals surface area contributed by atoms with Gasteiger partial charge in [-0.2, -0.15) is 0 Å². The lowest BCUT2D eigenvalue weighted by Crippen LogP contribution is -2.35. The van der Waals surface area contributed by atoms with Gasteiger partial charge in [-0.25, -0.2) is 4.39 Å². The van der Waals surface area contributed by atoms with Crippen LogP contribution in [0.1, 0.15) is 17.9 Å². The van der Waals surface area contributed by atoms with Crippen LogP contribution in [0.5, 0.6) is 0 Å². The van der Waals surface area contributed by atoms with E-state index in [-0.39, 0.29) is 5.82 Å². The second-order valence-corrected chi connectivity index (χ2v) is 4.70. The van der Waals surface area contributed by atoms with Crippen molar-refractivity contribution in [2.45, 2.75) is 18.4 Å². The van der Waals surface area contributed by atoms with Crippen molar-refractivity contribution < 1.29 is 9.13 Å². The summed E-state index contributed by atoms with van der Waals surface area (Å²) in [4.78, 5) is 0. The minimum Gasteiger partial charge on any atom is -0.381 e. The Morgan fingerprint density at radius 2 is 2.06 bits per heavy atom. The molecule has 2 nitrogen and oxygen atoms in total. The van der Waals surface area contributed by atoms with E-state index in [1.54, 1.807) is 12.1 Å². The molecule has 0 spiro atoms. The first-order chi connectivity index (χ1) is 7.84.